The second kappa shape index (κ2) is 7.54. The van der Waals surface area contributed by atoms with Crippen LogP contribution in [0.1, 0.15) is 31.2 Å². The smallest absolute Gasteiger partial charge is 0.220 e. The van der Waals surface area contributed by atoms with E-state index in [0.29, 0.717) is 6.42 Å². The zero-order chi connectivity index (χ0) is 12.6. The Bertz CT molecular complexity index is 347. The minimum atomic E-state index is 0.142. The third kappa shape index (κ3) is 5.65. The van der Waals surface area contributed by atoms with Gasteiger partial charge in [-0.05, 0) is 54.0 Å². The van der Waals surface area contributed by atoms with Crippen molar-refractivity contribution in [2.24, 2.45) is 5.92 Å². The molecule has 3 nitrogen and oxygen atoms in total. The van der Waals surface area contributed by atoms with Gasteiger partial charge < -0.3 is 10.1 Å². The Kier molecular flexibility index (Phi) is 5.68. The molecule has 1 N–H and O–H groups in total. The number of hydrogen-bond donors (Lipinski definition) is 1. The van der Waals surface area contributed by atoms with E-state index in [4.69, 9.17) is 4.74 Å². The van der Waals surface area contributed by atoms with Crippen molar-refractivity contribution >= 4 is 17.2 Å². The molecule has 0 spiro atoms. The van der Waals surface area contributed by atoms with Crippen LogP contribution in [-0.2, 0) is 16.0 Å². The van der Waals surface area contributed by atoms with Gasteiger partial charge in [0.2, 0.25) is 5.91 Å². The van der Waals surface area contributed by atoms with Crippen LogP contribution in [0.4, 0.5) is 0 Å². The van der Waals surface area contributed by atoms with E-state index in [9.17, 15) is 4.79 Å². The van der Waals surface area contributed by atoms with Crippen molar-refractivity contribution in [1.82, 2.24) is 5.32 Å². The zero-order valence-corrected chi connectivity index (χ0v) is 11.5. The van der Waals surface area contributed by atoms with Crippen molar-refractivity contribution in [3.8, 4) is 0 Å². The van der Waals surface area contributed by atoms with E-state index in [1.54, 1.807) is 11.3 Å². The summed E-state index contributed by atoms with van der Waals surface area (Å²) < 4.78 is 5.51. The SMILES string of the molecule is O=C(CCc1ccsc1)NCCCOCC1CC1. The van der Waals surface area contributed by atoms with Crippen LogP contribution in [0.5, 0.6) is 0 Å². The standard InChI is InChI=1S/C14H21NO2S/c16-14(5-4-13-6-9-18-11-13)15-7-1-8-17-10-12-2-3-12/h6,9,11-12H,1-5,7-8,10H2,(H,15,16). The Morgan fingerprint density at radius 2 is 2.39 bits per heavy atom. The molecule has 4 heteroatoms. The fraction of sp³-hybridized carbons (Fsp3) is 0.643. The first-order valence-corrected chi connectivity index (χ1v) is 7.64. The summed E-state index contributed by atoms with van der Waals surface area (Å²) in [6.45, 7) is 2.40. The summed E-state index contributed by atoms with van der Waals surface area (Å²) in [6, 6.07) is 2.07. The average Bonchev–Trinajstić information content (AvgIpc) is 3.04. The van der Waals surface area contributed by atoms with Crippen LogP contribution in [0.2, 0.25) is 0 Å². The molecule has 1 aliphatic carbocycles. The summed E-state index contributed by atoms with van der Waals surface area (Å²) in [5.74, 6) is 0.966. The normalized spacial score (nSPS) is 14.7. The van der Waals surface area contributed by atoms with Crippen LogP contribution in [0.25, 0.3) is 0 Å². The van der Waals surface area contributed by atoms with E-state index in [2.05, 4.69) is 16.8 Å². The van der Waals surface area contributed by atoms with E-state index in [-0.39, 0.29) is 5.91 Å². The largest absolute Gasteiger partial charge is 0.381 e. The maximum atomic E-state index is 11.5. The van der Waals surface area contributed by atoms with Gasteiger partial charge in [-0.25, -0.2) is 0 Å². The van der Waals surface area contributed by atoms with Crippen LogP contribution in [0.15, 0.2) is 16.8 Å². The van der Waals surface area contributed by atoms with Crippen molar-refractivity contribution in [3.05, 3.63) is 22.4 Å². The lowest BCUT2D eigenvalue weighted by molar-refractivity contribution is -0.121. The van der Waals surface area contributed by atoms with Gasteiger partial charge >= 0.3 is 0 Å². The molecule has 1 saturated carbocycles. The molecule has 0 aliphatic heterocycles. The van der Waals surface area contributed by atoms with Gasteiger partial charge in [-0.1, -0.05) is 0 Å². The van der Waals surface area contributed by atoms with Gasteiger partial charge in [0.15, 0.2) is 0 Å². The molecular formula is C14H21NO2S. The van der Waals surface area contributed by atoms with Crippen LogP contribution in [-0.4, -0.2) is 25.7 Å². The molecule has 1 aliphatic rings. The molecule has 100 valence electrons. The minimum Gasteiger partial charge on any atom is -0.381 e. The van der Waals surface area contributed by atoms with Crippen molar-refractivity contribution in [2.45, 2.75) is 32.1 Å². The molecule has 0 bridgehead atoms. The summed E-state index contributed by atoms with van der Waals surface area (Å²) in [4.78, 5) is 11.5. The van der Waals surface area contributed by atoms with Crippen LogP contribution >= 0.6 is 11.3 Å². The number of rotatable bonds is 9. The highest BCUT2D eigenvalue weighted by molar-refractivity contribution is 7.07. The third-order valence-electron chi connectivity index (χ3n) is 3.06. The Labute approximate surface area is 113 Å². The highest BCUT2D eigenvalue weighted by Crippen LogP contribution is 2.28. The Morgan fingerprint density at radius 3 is 3.11 bits per heavy atom. The lowest BCUT2D eigenvalue weighted by Crippen LogP contribution is -2.25. The molecular weight excluding hydrogens is 246 g/mol. The molecule has 0 atom stereocenters. The number of nitrogens with one attached hydrogen (secondary N) is 1. The second-order valence-electron chi connectivity index (χ2n) is 4.85. The fourth-order valence-corrected chi connectivity index (χ4v) is 2.42. The van der Waals surface area contributed by atoms with Gasteiger partial charge in [0.25, 0.3) is 0 Å². The highest BCUT2D eigenvalue weighted by atomic mass is 32.1. The maximum absolute atomic E-state index is 11.5. The molecule has 0 radical (unpaired) electrons. The Hall–Kier alpha value is -0.870. The lowest BCUT2D eigenvalue weighted by atomic mass is 10.2. The summed E-state index contributed by atoms with van der Waals surface area (Å²) in [5.41, 5.74) is 1.25. The van der Waals surface area contributed by atoms with Crippen LogP contribution < -0.4 is 5.32 Å². The number of aryl methyl sites for hydroxylation is 1. The van der Waals surface area contributed by atoms with Gasteiger partial charge in [0, 0.05) is 26.2 Å². The van der Waals surface area contributed by atoms with Crippen LogP contribution in [0, 0.1) is 5.92 Å². The number of thiophene rings is 1. The van der Waals surface area contributed by atoms with Crippen molar-refractivity contribution in [3.63, 3.8) is 0 Å². The van der Waals surface area contributed by atoms with Crippen molar-refractivity contribution in [1.29, 1.82) is 0 Å². The quantitative estimate of drug-likeness (QED) is 0.698. The molecule has 1 fully saturated rings. The molecule has 1 aromatic heterocycles. The predicted molar refractivity (Wildman–Crippen MR) is 73.8 cm³/mol. The molecule has 1 aromatic rings. The van der Waals surface area contributed by atoms with E-state index >= 15 is 0 Å². The zero-order valence-electron chi connectivity index (χ0n) is 10.7. The van der Waals surface area contributed by atoms with Gasteiger partial charge in [0.1, 0.15) is 0 Å². The second-order valence-corrected chi connectivity index (χ2v) is 5.63. The van der Waals surface area contributed by atoms with Crippen LogP contribution in [0.3, 0.4) is 0 Å². The first kappa shape index (κ1) is 13.6. The third-order valence-corrected chi connectivity index (χ3v) is 3.79. The topological polar surface area (TPSA) is 38.3 Å². The summed E-state index contributed by atoms with van der Waals surface area (Å²) >= 11 is 1.68. The summed E-state index contributed by atoms with van der Waals surface area (Å²) in [7, 11) is 0. The van der Waals surface area contributed by atoms with E-state index in [1.165, 1.54) is 18.4 Å². The average molecular weight is 267 g/mol. The van der Waals surface area contributed by atoms with Gasteiger partial charge in [0.05, 0.1) is 0 Å². The number of amides is 1. The molecule has 1 amide bonds. The van der Waals surface area contributed by atoms with E-state index < -0.39 is 0 Å². The van der Waals surface area contributed by atoms with Gasteiger partial charge in [-0.2, -0.15) is 11.3 Å². The lowest BCUT2D eigenvalue weighted by Gasteiger charge is -2.05. The fourth-order valence-electron chi connectivity index (χ4n) is 1.72. The van der Waals surface area contributed by atoms with Gasteiger partial charge in [-0.3, -0.25) is 4.79 Å². The summed E-state index contributed by atoms with van der Waals surface area (Å²) in [6.07, 6.45) is 5.00. The number of carbonyl (C=O) groups is 1. The number of carbonyl (C=O) groups excluding carboxylic acids is 1. The monoisotopic (exact) mass is 267 g/mol. The molecule has 2 rings (SSSR count). The Morgan fingerprint density at radius 1 is 1.50 bits per heavy atom. The van der Waals surface area contributed by atoms with E-state index in [0.717, 1.165) is 38.5 Å². The van der Waals surface area contributed by atoms with Crippen molar-refractivity contribution in [2.75, 3.05) is 19.8 Å². The summed E-state index contributed by atoms with van der Waals surface area (Å²) in [5, 5.41) is 7.08. The maximum Gasteiger partial charge on any atom is 0.220 e. The molecule has 0 unspecified atom stereocenters. The molecule has 18 heavy (non-hydrogen) atoms. The van der Waals surface area contributed by atoms with E-state index in [1.807, 2.05) is 5.38 Å². The number of ether oxygens (including phenoxy) is 1. The predicted octanol–water partition coefficient (Wildman–Crippen LogP) is 2.61. The Balaban J connectivity index is 1.41. The highest BCUT2D eigenvalue weighted by Gasteiger charge is 2.20. The first-order chi connectivity index (χ1) is 8.84. The first-order valence-electron chi connectivity index (χ1n) is 6.70. The van der Waals surface area contributed by atoms with Gasteiger partial charge in [-0.15, -0.1) is 0 Å². The molecule has 0 aromatic carbocycles. The number of hydrogen-bond acceptors (Lipinski definition) is 3. The minimum absolute atomic E-state index is 0.142. The van der Waals surface area contributed by atoms with Crippen molar-refractivity contribution < 1.29 is 9.53 Å². The molecule has 0 saturated heterocycles. The molecule has 1 heterocycles.